The summed E-state index contributed by atoms with van der Waals surface area (Å²) in [5.41, 5.74) is -2.00. The molecule has 1 amide bonds. The fraction of sp³-hybridized carbons (Fsp3) is 0.750. The lowest BCUT2D eigenvalue weighted by Crippen LogP contribution is -2.49. The van der Waals surface area contributed by atoms with E-state index in [0.29, 0.717) is 30.1 Å². The number of ether oxygens (including phenoxy) is 1. The highest BCUT2D eigenvalue weighted by atomic mass is 32.2. The zero-order valence-electron chi connectivity index (χ0n) is 15.7. The normalized spacial score (nSPS) is 19.2. The number of likely N-dealkylation sites (tertiary alicyclic amines) is 1. The summed E-state index contributed by atoms with van der Waals surface area (Å²) < 4.78 is 69.9. The first kappa shape index (κ1) is 21.5. The molecule has 1 atom stereocenters. The van der Waals surface area contributed by atoms with Gasteiger partial charge in [0, 0.05) is 25.7 Å². The first-order valence-corrected chi connectivity index (χ1v) is 10.2. The molecule has 0 radical (unpaired) electrons. The summed E-state index contributed by atoms with van der Waals surface area (Å²) in [5, 5.41) is 2.73. The topological polar surface area (TPSA) is 81.5 Å². The van der Waals surface area contributed by atoms with Gasteiger partial charge in [-0.05, 0) is 40.0 Å². The van der Waals surface area contributed by atoms with Gasteiger partial charge in [0.15, 0.2) is 20.6 Å². The van der Waals surface area contributed by atoms with Crippen molar-refractivity contribution in [2.45, 2.75) is 62.9 Å². The second-order valence-corrected chi connectivity index (χ2v) is 9.58. The minimum Gasteiger partial charge on any atom is -0.444 e. The monoisotopic (exact) mass is 411 g/mol. The number of carbonyl (C=O) groups is 1. The summed E-state index contributed by atoms with van der Waals surface area (Å²) >= 11 is 0. The van der Waals surface area contributed by atoms with Crippen molar-refractivity contribution in [1.82, 2.24) is 14.7 Å². The standard InChI is InChI=1S/C16H24F3N3O4S/c1-15(2,3)26-14(23)22-8-6-5-7-11(22)10-27(24,25)13-9-12(16(17,18)19)20-21(13)4/h9,11H,5-8,10H2,1-4H3. The Morgan fingerprint density at radius 2 is 1.93 bits per heavy atom. The van der Waals surface area contributed by atoms with E-state index in [1.807, 2.05) is 0 Å². The number of sulfone groups is 1. The number of aromatic nitrogens is 2. The third kappa shape index (κ3) is 5.36. The van der Waals surface area contributed by atoms with Crippen LogP contribution in [-0.4, -0.2) is 53.1 Å². The van der Waals surface area contributed by atoms with Crippen LogP contribution in [0, 0.1) is 0 Å². The zero-order chi connectivity index (χ0) is 20.6. The first-order chi connectivity index (χ1) is 12.2. The molecule has 154 valence electrons. The molecule has 0 aromatic carbocycles. The maximum atomic E-state index is 12.8. The molecule has 0 N–H and O–H groups in total. The van der Waals surface area contributed by atoms with E-state index in [9.17, 15) is 26.4 Å². The number of amides is 1. The molecule has 1 unspecified atom stereocenters. The Hall–Kier alpha value is -1.78. The third-order valence-electron chi connectivity index (χ3n) is 4.11. The van der Waals surface area contributed by atoms with Gasteiger partial charge in [-0.1, -0.05) is 0 Å². The Kier molecular flexibility index (Phi) is 5.84. The number of piperidine rings is 1. The zero-order valence-corrected chi connectivity index (χ0v) is 16.5. The molecule has 2 heterocycles. The van der Waals surface area contributed by atoms with Crippen LogP contribution in [0.2, 0.25) is 0 Å². The predicted octanol–water partition coefficient (Wildman–Crippen LogP) is 3.00. The molecule has 1 aromatic heterocycles. The van der Waals surface area contributed by atoms with Crippen molar-refractivity contribution in [3.63, 3.8) is 0 Å². The number of hydrogen-bond acceptors (Lipinski definition) is 5. The Balaban J connectivity index is 2.24. The summed E-state index contributed by atoms with van der Waals surface area (Å²) in [6.45, 7) is 5.45. The van der Waals surface area contributed by atoms with Gasteiger partial charge >= 0.3 is 12.3 Å². The van der Waals surface area contributed by atoms with Gasteiger partial charge < -0.3 is 9.64 Å². The molecule has 0 spiro atoms. The van der Waals surface area contributed by atoms with Gasteiger partial charge in [0.1, 0.15) is 5.60 Å². The number of halogens is 3. The van der Waals surface area contributed by atoms with Crippen molar-refractivity contribution < 1.29 is 31.1 Å². The lowest BCUT2D eigenvalue weighted by atomic mass is 10.0. The molecule has 1 aliphatic heterocycles. The fourth-order valence-electron chi connectivity index (χ4n) is 2.95. The first-order valence-electron chi connectivity index (χ1n) is 8.54. The molecule has 2 rings (SSSR count). The number of carbonyl (C=O) groups excluding carboxylic acids is 1. The maximum Gasteiger partial charge on any atom is 0.435 e. The Morgan fingerprint density at radius 3 is 2.44 bits per heavy atom. The van der Waals surface area contributed by atoms with Crippen molar-refractivity contribution >= 4 is 15.9 Å². The molecule has 11 heteroatoms. The van der Waals surface area contributed by atoms with Crippen LogP contribution in [0.15, 0.2) is 11.1 Å². The molecule has 7 nitrogen and oxygen atoms in total. The highest BCUT2D eigenvalue weighted by Gasteiger charge is 2.38. The highest BCUT2D eigenvalue weighted by molar-refractivity contribution is 7.91. The fourth-order valence-corrected chi connectivity index (χ4v) is 4.71. The van der Waals surface area contributed by atoms with E-state index in [-0.39, 0.29) is 0 Å². The average Bonchev–Trinajstić information content (AvgIpc) is 2.88. The highest BCUT2D eigenvalue weighted by Crippen LogP contribution is 2.30. The number of aryl methyl sites for hydroxylation is 1. The smallest absolute Gasteiger partial charge is 0.435 e. The number of rotatable bonds is 3. The molecule has 1 aromatic rings. The predicted molar refractivity (Wildman–Crippen MR) is 90.8 cm³/mol. The largest absolute Gasteiger partial charge is 0.444 e. The van der Waals surface area contributed by atoms with Crippen molar-refractivity contribution in [2.75, 3.05) is 12.3 Å². The summed E-state index contributed by atoms with van der Waals surface area (Å²) in [6.07, 6.45) is -3.50. The molecule has 0 saturated carbocycles. The minimum atomic E-state index is -4.74. The van der Waals surface area contributed by atoms with Crippen LogP contribution in [0.5, 0.6) is 0 Å². The van der Waals surface area contributed by atoms with Gasteiger partial charge in [0.2, 0.25) is 0 Å². The SMILES string of the molecule is Cn1nc(C(F)(F)F)cc1S(=O)(=O)CC1CCCCN1C(=O)OC(C)(C)C. The summed E-state index contributed by atoms with van der Waals surface area (Å²) in [5.74, 6) is -0.483. The lowest BCUT2D eigenvalue weighted by Gasteiger charge is -2.36. The van der Waals surface area contributed by atoms with Crippen LogP contribution in [0.4, 0.5) is 18.0 Å². The van der Waals surface area contributed by atoms with Gasteiger partial charge in [0.05, 0.1) is 5.75 Å². The summed E-state index contributed by atoms with van der Waals surface area (Å²) in [6, 6.07) is -0.140. The second kappa shape index (κ2) is 7.33. The Labute approximate surface area is 156 Å². The van der Waals surface area contributed by atoms with Gasteiger partial charge in [-0.2, -0.15) is 18.3 Å². The lowest BCUT2D eigenvalue weighted by molar-refractivity contribution is -0.141. The molecule has 1 saturated heterocycles. The van der Waals surface area contributed by atoms with Gasteiger partial charge in [-0.25, -0.2) is 13.2 Å². The van der Waals surface area contributed by atoms with Gasteiger partial charge in [-0.3, -0.25) is 4.68 Å². The third-order valence-corrected chi connectivity index (χ3v) is 5.96. The number of alkyl halides is 3. The summed E-state index contributed by atoms with van der Waals surface area (Å²) in [7, 11) is -2.94. The Bertz CT molecular complexity index is 797. The molecule has 27 heavy (non-hydrogen) atoms. The summed E-state index contributed by atoms with van der Waals surface area (Å²) in [4.78, 5) is 13.7. The molecular formula is C16H24F3N3O4S. The van der Waals surface area contributed by atoms with Crippen LogP contribution >= 0.6 is 0 Å². The quantitative estimate of drug-likeness (QED) is 0.764. The van der Waals surface area contributed by atoms with Crippen molar-refractivity contribution in [2.24, 2.45) is 7.05 Å². The Morgan fingerprint density at radius 1 is 1.30 bits per heavy atom. The molecule has 1 aliphatic rings. The van der Waals surface area contributed by atoms with Crippen LogP contribution in [0.25, 0.3) is 0 Å². The van der Waals surface area contributed by atoms with Crippen molar-refractivity contribution in [1.29, 1.82) is 0 Å². The van der Waals surface area contributed by atoms with Gasteiger partial charge in [0.25, 0.3) is 0 Å². The van der Waals surface area contributed by atoms with Gasteiger partial charge in [-0.15, -0.1) is 0 Å². The van der Waals surface area contributed by atoms with E-state index in [0.717, 1.165) is 13.5 Å². The van der Waals surface area contributed by atoms with E-state index in [1.165, 1.54) is 4.90 Å². The van der Waals surface area contributed by atoms with Crippen molar-refractivity contribution in [3.8, 4) is 0 Å². The van der Waals surface area contributed by atoms with E-state index >= 15 is 0 Å². The average molecular weight is 411 g/mol. The van der Waals surface area contributed by atoms with Crippen LogP contribution in [0.1, 0.15) is 45.7 Å². The number of hydrogen-bond donors (Lipinski definition) is 0. The maximum absolute atomic E-state index is 12.8. The molecule has 0 bridgehead atoms. The minimum absolute atomic E-state index is 0.342. The molecule has 0 aliphatic carbocycles. The van der Waals surface area contributed by atoms with Crippen LogP contribution in [-0.2, 0) is 27.8 Å². The van der Waals surface area contributed by atoms with E-state index < -0.39 is 50.2 Å². The van der Waals surface area contributed by atoms with Crippen LogP contribution < -0.4 is 0 Å². The van der Waals surface area contributed by atoms with E-state index in [4.69, 9.17) is 4.74 Å². The van der Waals surface area contributed by atoms with Crippen molar-refractivity contribution in [3.05, 3.63) is 11.8 Å². The molecular weight excluding hydrogens is 387 g/mol. The van der Waals surface area contributed by atoms with Crippen LogP contribution in [0.3, 0.4) is 0 Å². The molecule has 1 fully saturated rings. The van der Waals surface area contributed by atoms with E-state index in [2.05, 4.69) is 5.10 Å². The number of nitrogens with zero attached hydrogens (tertiary/aromatic N) is 3. The van der Waals surface area contributed by atoms with E-state index in [1.54, 1.807) is 20.8 Å². The second-order valence-electron chi connectivity index (χ2n) is 7.59.